The third kappa shape index (κ3) is 4.24. The topological polar surface area (TPSA) is 135 Å². The number of nitrogens with one attached hydrogen (secondary N) is 2. The van der Waals surface area contributed by atoms with E-state index in [9.17, 15) is 9.59 Å². The number of anilines is 1. The van der Waals surface area contributed by atoms with Crippen LogP contribution >= 0.6 is 11.6 Å². The number of hydrogen-bond donors (Lipinski definition) is 2. The number of fused-ring (bicyclic) bond motifs is 1. The molecule has 5 heterocycles. The zero-order chi connectivity index (χ0) is 27.4. The van der Waals surface area contributed by atoms with Gasteiger partial charge in [-0.25, -0.2) is 9.37 Å². The number of rotatable bonds is 6. The van der Waals surface area contributed by atoms with E-state index in [0.717, 1.165) is 24.8 Å². The third-order valence-electron chi connectivity index (χ3n) is 7.73. The molecule has 0 bridgehead atoms. The molecule has 2 amide bonds. The van der Waals surface area contributed by atoms with Crippen LogP contribution in [0.1, 0.15) is 49.5 Å². The molecular formula is C27H23ClFN9O2. The van der Waals surface area contributed by atoms with Crippen molar-refractivity contribution in [3.8, 4) is 16.9 Å². The minimum Gasteiger partial charge on any atom is -0.340 e. The molecule has 202 valence electrons. The fourth-order valence-corrected chi connectivity index (χ4v) is 5.80. The fourth-order valence-electron chi connectivity index (χ4n) is 5.65. The van der Waals surface area contributed by atoms with Crippen molar-refractivity contribution in [2.24, 2.45) is 5.92 Å². The van der Waals surface area contributed by atoms with E-state index in [1.165, 1.54) is 23.2 Å². The van der Waals surface area contributed by atoms with Crippen molar-refractivity contribution >= 4 is 34.7 Å². The number of carbonyl (C=O) groups is 2. The van der Waals surface area contributed by atoms with Gasteiger partial charge in [-0.2, -0.15) is 4.68 Å². The monoisotopic (exact) mass is 559 g/mol. The van der Waals surface area contributed by atoms with E-state index in [4.69, 9.17) is 11.6 Å². The van der Waals surface area contributed by atoms with Crippen molar-refractivity contribution in [1.29, 1.82) is 0 Å². The van der Waals surface area contributed by atoms with Gasteiger partial charge in [0.2, 0.25) is 11.8 Å². The number of tetrazole rings is 1. The van der Waals surface area contributed by atoms with Crippen molar-refractivity contribution in [3.63, 3.8) is 0 Å². The summed E-state index contributed by atoms with van der Waals surface area (Å²) in [5.41, 5.74) is 3.26. The molecule has 0 radical (unpaired) electrons. The number of pyridine rings is 1. The van der Waals surface area contributed by atoms with Gasteiger partial charge >= 0.3 is 0 Å². The number of imidazole rings is 1. The summed E-state index contributed by atoms with van der Waals surface area (Å²) < 4.78 is 16.7. The molecule has 1 saturated carbocycles. The largest absolute Gasteiger partial charge is 0.340 e. The van der Waals surface area contributed by atoms with Crippen LogP contribution in [0, 0.1) is 11.7 Å². The van der Waals surface area contributed by atoms with E-state index in [1.807, 2.05) is 4.90 Å². The molecule has 2 fully saturated rings. The van der Waals surface area contributed by atoms with Crippen LogP contribution in [0.25, 0.3) is 22.5 Å². The normalized spacial score (nSPS) is 20.4. The zero-order valence-corrected chi connectivity index (χ0v) is 21.8. The Labute approximate surface area is 232 Å². The summed E-state index contributed by atoms with van der Waals surface area (Å²) in [6.45, 7) is 0. The van der Waals surface area contributed by atoms with Crippen molar-refractivity contribution < 1.29 is 14.0 Å². The Hall–Kier alpha value is -4.45. The van der Waals surface area contributed by atoms with Gasteiger partial charge in [-0.3, -0.25) is 14.6 Å². The lowest BCUT2D eigenvalue weighted by atomic mass is 9.92. The molecule has 40 heavy (non-hydrogen) atoms. The molecule has 11 nitrogen and oxygen atoms in total. The molecule has 2 N–H and O–H groups in total. The number of H-pyrrole nitrogens is 1. The number of halogens is 2. The Morgan fingerprint density at radius 1 is 1.15 bits per heavy atom. The number of benzene rings is 1. The van der Waals surface area contributed by atoms with E-state index >= 15 is 4.39 Å². The standard InChI is InChI=1S/C27H23ClFN9O2/c28-18-4-6-21(37-13-32-35-36-37)24(25(18)29)15-9-16-3-5-22(38(16)23(39)10-15)26-31-12-20(33-26)17-11-30-8-7-19(17)34-27(40)14-1-2-14/h4,6-8,10-14,16,22H,1-3,5,9H2,(H,31,33)(H,30,34,40)/t16?,22-/m0/s1. The smallest absolute Gasteiger partial charge is 0.247 e. The van der Waals surface area contributed by atoms with Crippen LogP contribution in [0.5, 0.6) is 0 Å². The predicted molar refractivity (Wildman–Crippen MR) is 142 cm³/mol. The van der Waals surface area contributed by atoms with Gasteiger partial charge in [0.25, 0.3) is 0 Å². The lowest BCUT2D eigenvalue weighted by Crippen LogP contribution is -2.39. The average Bonchev–Trinajstić information content (AvgIpc) is 3.30. The Bertz CT molecular complexity index is 1660. The molecule has 2 aliphatic heterocycles. The number of carbonyl (C=O) groups excluding carboxylic acids is 2. The lowest BCUT2D eigenvalue weighted by molar-refractivity contribution is -0.129. The molecule has 1 aromatic carbocycles. The molecular weight excluding hydrogens is 537 g/mol. The minimum absolute atomic E-state index is 0.00621. The highest BCUT2D eigenvalue weighted by Crippen LogP contribution is 2.44. The SMILES string of the molecule is O=C(Nc1ccncc1-c1cnc([C@@H]2CCC3CC(c4c(-n5cnnn5)ccc(Cl)c4F)=CC(=O)N32)[nH]1)C1CC1. The van der Waals surface area contributed by atoms with Gasteiger partial charge in [-0.05, 0) is 66.3 Å². The highest BCUT2D eigenvalue weighted by molar-refractivity contribution is 6.31. The maximum atomic E-state index is 15.3. The molecule has 7 rings (SSSR count). The van der Waals surface area contributed by atoms with Crippen LogP contribution in [0.4, 0.5) is 10.1 Å². The van der Waals surface area contributed by atoms with Crippen molar-refractivity contribution in [2.75, 3.05) is 5.32 Å². The first kappa shape index (κ1) is 24.6. The summed E-state index contributed by atoms with van der Waals surface area (Å²) in [5.74, 6) is -0.122. The number of hydrogen-bond acceptors (Lipinski definition) is 7. The van der Waals surface area contributed by atoms with Crippen LogP contribution in [-0.4, -0.2) is 57.9 Å². The van der Waals surface area contributed by atoms with E-state index < -0.39 is 5.82 Å². The van der Waals surface area contributed by atoms with Crippen LogP contribution in [0.2, 0.25) is 5.02 Å². The van der Waals surface area contributed by atoms with Gasteiger partial charge in [-0.1, -0.05) is 11.6 Å². The second kappa shape index (κ2) is 9.63. The first-order chi connectivity index (χ1) is 19.5. The molecule has 4 aromatic rings. The fraction of sp³-hybridized carbons (Fsp3) is 0.296. The number of aromatic amines is 1. The van der Waals surface area contributed by atoms with Gasteiger partial charge < -0.3 is 15.2 Å². The summed E-state index contributed by atoms with van der Waals surface area (Å²) in [6.07, 6.45) is 11.5. The predicted octanol–water partition coefficient (Wildman–Crippen LogP) is 4.11. The Balaban J connectivity index is 1.17. The third-order valence-corrected chi connectivity index (χ3v) is 8.02. The highest BCUT2D eigenvalue weighted by atomic mass is 35.5. The summed E-state index contributed by atoms with van der Waals surface area (Å²) in [4.78, 5) is 39.9. The Kier molecular flexibility index (Phi) is 5.92. The van der Waals surface area contributed by atoms with Crippen LogP contribution in [-0.2, 0) is 9.59 Å². The zero-order valence-electron chi connectivity index (χ0n) is 21.1. The average molecular weight is 560 g/mol. The second-order valence-electron chi connectivity index (χ2n) is 10.2. The van der Waals surface area contributed by atoms with E-state index in [-0.39, 0.29) is 40.4 Å². The number of aromatic nitrogens is 7. The van der Waals surface area contributed by atoms with Crippen LogP contribution < -0.4 is 5.32 Å². The van der Waals surface area contributed by atoms with Gasteiger partial charge in [0.15, 0.2) is 5.82 Å². The maximum absolute atomic E-state index is 15.3. The lowest BCUT2D eigenvalue weighted by Gasteiger charge is -2.33. The molecule has 2 atom stereocenters. The van der Waals surface area contributed by atoms with Crippen LogP contribution in [0.15, 0.2) is 49.2 Å². The Morgan fingerprint density at radius 3 is 2.83 bits per heavy atom. The van der Waals surface area contributed by atoms with Crippen molar-refractivity contribution in [2.45, 2.75) is 44.2 Å². The van der Waals surface area contributed by atoms with Gasteiger partial charge in [0, 0.05) is 41.6 Å². The maximum Gasteiger partial charge on any atom is 0.247 e. The van der Waals surface area contributed by atoms with Gasteiger partial charge in [0.05, 0.1) is 34.3 Å². The molecule has 0 spiro atoms. The summed E-state index contributed by atoms with van der Waals surface area (Å²) in [5, 5.41) is 14.1. The second-order valence-corrected chi connectivity index (χ2v) is 10.7. The minimum atomic E-state index is -0.617. The van der Waals surface area contributed by atoms with Gasteiger partial charge in [0.1, 0.15) is 12.2 Å². The first-order valence-electron chi connectivity index (χ1n) is 13.0. The summed E-state index contributed by atoms with van der Waals surface area (Å²) in [7, 11) is 0. The molecule has 3 aliphatic rings. The van der Waals surface area contributed by atoms with Crippen LogP contribution in [0.3, 0.4) is 0 Å². The molecule has 1 aliphatic carbocycles. The summed E-state index contributed by atoms with van der Waals surface area (Å²) >= 11 is 6.13. The molecule has 13 heteroatoms. The van der Waals surface area contributed by atoms with Gasteiger partial charge in [-0.15, -0.1) is 5.10 Å². The molecule has 3 aromatic heterocycles. The van der Waals surface area contributed by atoms with Crippen molar-refractivity contribution in [1.82, 2.24) is 40.1 Å². The van der Waals surface area contributed by atoms with Crippen molar-refractivity contribution in [3.05, 3.63) is 71.4 Å². The molecule has 1 saturated heterocycles. The van der Waals surface area contributed by atoms with E-state index in [1.54, 1.807) is 30.7 Å². The number of nitrogens with zero attached hydrogens (tertiary/aromatic N) is 7. The highest BCUT2D eigenvalue weighted by Gasteiger charge is 2.42. The Morgan fingerprint density at radius 2 is 2.02 bits per heavy atom. The quantitative estimate of drug-likeness (QED) is 0.363. The number of amides is 2. The van der Waals surface area contributed by atoms with E-state index in [0.29, 0.717) is 41.3 Å². The van der Waals surface area contributed by atoms with E-state index in [2.05, 4.69) is 35.8 Å². The molecule has 1 unspecified atom stereocenters. The first-order valence-corrected chi connectivity index (χ1v) is 13.4. The summed E-state index contributed by atoms with van der Waals surface area (Å²) in [6, 6.07) is 4.43.